The van der Waals surface area contributed by atoms with E-state index in [1.807, 2.05) is 12.1 Å². The number of carbonyl (C=O) groups excluding carboxylic acids is 1. The summed E-state index contributed by atoms with van der Waals surface area (Å²) in [7, 11) is 1.79. The van der Waals surface area contributed by atoms with Crippen molar-refractivity contribution >= 4 is 5.91 Å². The fourth-order valence-electron chi connectivity index (χ4n) is 2.97. The summed E-state index contributed by atoms with van der Waals surface area (Å²) in [6, 6.07) is 8.73. The molecule has 4 nitrogen and oxygen atoms in total. The maximum atomic E-state index is 14.3. The Kier molecular flexibility index (Phi) is 3.19. The van der Waals surface area contributed by atoms with E-state index in [-0.39, 0.29) is 11.5 Å². The Morgan fingerprint density at radius 2 is 1.88 bits per heavy atom. The van der Waals surface area contributed by atoms with Crippen LogP contribution >= 0.6 is 0 Å². The molecule has 1 aliphatic heterocycles. The number of benzene rings is 2. The smallest absolute Gasteiger partial charge is 0.251 e. The largest absolute Gasteiger partial charge is 0.348 e. The lowest BCUT2D eigenvalue weighted by Gasteiger charge is -2.11. The van der Waals surface area contributed by atoms with E-state index >= 15 is 0 Å². The van der Waals surface area contributed by atoms with E-state index in [9.17, 15) is 13.6 Å². The molecule has 1 aliphatic rings. The minimum Gasteiger partial charge on any atom is -0.348 e. The maximum Gasteiger partial charge on any atom is 0.251 e. The average molecular weight is 325 g/mol. The maximum absolute atomic E-state index is 14.3. The summed E-state index contributed by atoms with van der Waals surface area (Å²) >= 11 is 0. The number of nitrogens with zero attached hydrogens (tertiary/aromatic N) is 2. The molecule has 24 heavy (non-hydrogen) atoms. The SMILES string of the molecule is Cn1ccc(-c2cc3c(cc2-c2ccc(F)cc2F)C(=O)NC3)n1. The van der Waals surface area contributed by atoms with Crippen LogP contribution in [-0.4, -0.2) is 15.7 Å². The van der Waals surface area contributed by atoms with Gasteiger partial charge >= 0.3 is 0 Å². The highest BCUT2D eigenvalue weighted by Gasteiger charge is 2.24. The fourth-order valence-corrected chi connectivity index (χ4v) is 2.97. The Morgan fingerprint density at radius 1 is 1.04 bits per heavy atom. The van der Waals surface area contributed by atoms with Crippen molar-refractivity contribution < 1.29 is 13.6 Å². The predicted octanol–water partition coefficient (Wildman–Crippen LogP) is 3.28. The minimum absolute atomic E-state index is 0.193. The lowest BCUT2D eigenvalue weighted by molar-refractivity contribution is 0.0966. The van der Waals surface area contributed by atoms with Crippen LogP contribution < -0.4 is 5.32 Å². The second kappa shape index (κ2) is 5.26. The lowest BCUT2D eigenvalue weighted by Crippen LogP contribution is -2.12. The summed E-state index contributed by atoms with van der Waals surface area (Å²) in [5.74, 6) is -1.51. The Bertz CT molecular complexity index is 978. The molecule has 4 rings (SSSR count). The van der Waals surface area contributed by atoms with E-state index in [0.29, 0.717) is 28.9 Å². The first kappa shape index (κ1) is 14.6. The second-order valence-corrected chi connectivity index (χ2v) is 5.74. The van der Waals surface area contributed by atoms with Crippen molar-refractivity contribution in [2.75, 3.05) is 0 Å². The zero-order valence-electron chi connectivity index (χ0n) is 12.8. The van der Waals surface area contributed by atoms with Crippen molar-refractivity contribution in [3.8, 4) is 22.4 Å². The summed E-state index contributed by atoms with van der Waals surface area (Å²) in [5.41, 5.74) is 3.47. The first-order valence-electron chi connectivity index (χ1n) is 7.43. The number of halogens is 2. The Balaban J connectivity index is 2.00. The first-order chi connectivity index (χ1) is 11.5. The lowest BCUT2D eigenvalue weighted by atomic mass is 9.92. The molecular weight excluding hydrogens is 312 g/mol. The summed E-state index contributed by atoms with van der Waals surface area (Å²) in [6.07, 6.45) is 1.79. The summed E-state index contributed by atoms with van der Waals surface area (Å²) in [4.78, 5) is 12.0. The van der Waals surface area contributed by atoms with Gasteiger partial charge in [0.15, 0.2) is 0 Å². The van der Waals surface area contributed by atoms with Gasteiger partial charge < -0.3 is 5.32 Å². The van der Waals surface area contributed by atoms with Gasteiger partial charge in [-0.3, -0.25) is 9.48 Å². The van der Waals surface area contributed by atoms with Gasteiger partial charge in [-0.1, -0.05) is 0 Å². The van der Waals surface area contributed by atoms with E-state index < -0.39 is 11.6 Å². The van der Waals surface area contributed by atoms with E-state index in [4.69, 9.17) is 0 Å². The van der Waals surface area contributed by atoms with Gasteiger partial charge in [0.25, 0.3) is 5.91 Å². The molecule has 0 unspecified atom stereocenters. The van der Waals surface area contributed by atoms with E-state index in [0.717, 1.165) is 11.6 Å². The van der Waals surface area contributed by atoms with Crippen LogP contribution in [0.15, 0.2) is 42.6 Å². The van der Waals surface area contributed by atoms with Crippen LogP contribution in [0.5, 0.6) is 0 Å². The molecule has 2 aromatic carbocycles. The number of aromatic nitrogens is 2. The van der Waals surface area contributed by atoms with Crippen molar-refractivity contribution in [1.29, 1.82) is 0 Å². The van der Waals surface area contributed by atoms with Gasteiger partial charge in [-0.2, -0.15) is 5.10 Å². The highest BCUT2D eigenvalue weighted by Crippen LogP contribution is 2.36. The van der Waals surface area contributed by atoms with Gasteiger partial charge in [0.1, 0.15) is 11.6 Å². The van der Waals surface area contributed by atoms with Crippen molar-refractivity contribution in [2.24, 2.45) is 7.05 Å². The van der Waals surface area contributed by atoms with Crippen molar-refractivity contribution in [1.82, 2.24) is 15.1 Å². The molecule has 0 spiro atoms. The highest BCUT2D eigenvalue weighted by atomic mass is 19.1. The third kappa shape index (κ3) is 2.27. The number of nitrogens with one attached hydrogen (secondary N) is 1. The molecule has 1 N–H and O–H groups in total. The molecule has 0 atom stereocenters. The van der Waals surface area contributed by atoms with Crippen molar-refractivity contribution in [2.45, 2.75) is 6.54 Å². The van der Waals surface area contributed by atoms with Crippen LogP contribution in [0.4, 0.5) is 8.78 Å². The monoisotopic (exact) mass is 325 g/mol. The predicted molar refractivity (Wildman–Crippen MR) is 85.2 cm³/mol. The van der Waals surface area contributed by atoms with E-state index in [1.165, 1.54) is 12.1 Å². The molecule has 1 amide bonds. The molecule has 3 aromatic rings. The zero-order chi connectivity index (χ0) is 16.8. The van der Waals surface area contributed by atoms with Gasteiger partial charge in [0, 0.05) is 42.5 Å². The molecule has 0 fully saturated rings. The molecular formula is C18H13F2N3O. The highest BCUT2D eigenvalue weighted by molar-refractivity contribution is 6.01. The van der Waals surface area contributed by atoms with Crippen LogP contribution in [0, 0.1) is 11.6 Å². The molecule has 0 aliphatic carbocycles. The van der Waals surface area contributed by atoms with Gasteiger partial charge in [-0.15, -0.1) is 0 Å². The summed E-state index contributed by atoms with van der Waals surface area (Å²) < 4.78 is 29.2. The Hall–Kier alpha value is -3.02. The van der Waals surface area contributed by atoms with Gasteiger partial charge in [-0.05, 0) is 41.5 Å². The van der Waals surface area contributed by atoms with Crippen molar-refractivity contribution in [3.63, 3.8) is 0 Å². The normalized spacial score (nSPS) is 13.0. The molecule has 0 saturated heterocycles. The van der Waals surface area contributed by atoms with Crippen molar-refractivity contribution in [3.05, 3.63) is 65.4 Å². The number of rotatable bonds is 2. The third-order valence-corrected chi connectivity index (χ3v) is 4.14. The molecule has 0 bridgehead atoms. The zero-order valence-corrected chi connectivity index (χ0v) is 12.8. The topological polar surface area (TPSA) is 46.9 Å². The molecule has 6 heteroatoms. The molecule has 1 aromatic heterocycles. The van der Waals surface area contributed by atoms with Crippen LogP contribution in [-0.2, 0) is 13.6 Å². The molecule has 0 radical (unpaired) electrons. The average Bonchev–Trinajstić information content (AvgIpc) is 3.13. The van der Waals surface area contributed by atoms with Crippen LogP contribution in [0.3, 0.4) is 0 Å². The van der Waals surface area contributed by atoms with Gasteiger partial charge in [-0.25, -0.2) is 8.78 Å². The summed E-state index contributed by atoms with van der Waals surface area (Å²) in [5, 5.41) is 7.13. The molecule has 2 heterocycles. The number of hydrogen-bond donors (Lipinski definition) is 1. The van der Waals surface area contributed by atoms with E-state index in [2.05, 4.69) is 10.4 Å². The quantitative estimate of drug-likeness (QED) is 0.786. The van der Waals surface area contributed by atoms with Crippen LogP contribution in [0.25, 0.3) is 22.4 Å². The van der Waals surface area contributed by atoms with Crippen LogP contribution in [0.2, 0.25) is 0 Å². The van der Waals surface area contributed by atoms with Gasteiger partial charge in [0.2, 0.25) is 0 Å². The first-order valence-corrected chi connectivity index (χ1v) is 7.43. The standard InChI is InChI=1S/C18H13F2N3O/c1-23-5-4-17(22-23)15-6-10-9-21-18(24)13(10)8-14(15)12-3-2-11(19)7-16(12)20/h2-8H,9H2,1H3,(H,21,24). The van der Waals surface area contributed by atoms with Crippen LogP contribution in [0.1, 0.15) is 15.9 Å². The number of amides is 1. The number of aryl methyl sites for hydroxylation is 1. The number of hydrogen-bond acceptors (Lipinski definition) is 2. The second-order valence-electron chi connectivity index (χ2n) is 5.74. The number of carbonyl (C=O) groups is 1. The third-order valence-electron chi connectivity index (χ3n) is 4.14. The fraction of sp³-hybridized carbons (Fsp3) is 0.111. The molecule has 0 saturated carbocycles. The summed E-state index contributed by atoms with van der Waals surface area (Å²) in [6.45, 7) is 0.431. The van der Waals surface area contributed by atoms with E-state index in [1.54, 1.807) is 24.0 Å². The molecule has 120 valence electrons. The minimum atomic E-state index is -0.675. The number of fused-ring (bicyclic) bond motifs is 1. The van der Waals surface area contributed by atoms with Gasteiger partial charge in [0.05, 0.1) is 5.69 Å². The Labute approximate surface area is 136 Å². The Morgan fingerprint density at radius 3 is 2.58 bits per heavy atom.